The summed E-state index contributed by atoms with van der Waals surface area (Å²) in [4.78, 5) is 0. The maximum Gasteiger partial charge on any atom is 0.416 e. The molecular formula is C13H17F3N2. The van der Waals surface area contributed by atoms with Crippen LogP contribution in [0.15, 0.2) is 24.3 Å². The molecule has 1 aromatic rings. The zero-order chi connectivity index (χ0) is 13.2. The van der Waals surface area contributed by atoms with Gasteiger partial charge in [0.05, 0.1) is 5.56 Å². The van der Waals surface area contributed by atoms with E-state index >= 15 is 0 Å². The van der Waals surface area contributed by atoms with E-state index in [2.05, 4.69) is 5.32 Å². The average Bonchev–Trinajstić information content (AvgIpc) is 2.25. The molecule has 1 aliphatic rings. The lowest BCUT2D eigenvalue weighted by Gasteiger charge is -2.34. The van der Waals surface area contributed by atoms with E-state index in [1.807, 2.05) is 0 Å². The number of hydrogen-bond acceptors (Lipinski definition) is 2. The van der Waals surface area contributed by atoms with Crippen LogP contribution in [0.4, 0.5) is 18.9 Å². The Hall–Kier alpha value is -1.23. The van der Waals surface area contributed by atoms with E-state index in [1.54, 1.807) is 6.07 Å². The number of rotatable bonds is 4. The van der Waals surface area contributed by atoms with Gasteiger partial charge in [0.2, 0.25) is 0 Å². The molecule has 0 spiro atoms. The van der Waals surface area contributed by atoms with Gasteiger partial charge in [-0.3, -0.25) is 0 Å². The minimum atomic E-state index is -4.30. The standard InChI is InChI=1S/C13H17F3N2/c14-13(15,16)10-5-2-6-11(7-10)18-12(8-17)9-3-1-4-9/h2,5-7,9,12,18H,1,3-4,8,17H2. The first kappa shape index (κ1) is 13.2. The van der Waals surface area contributed by atoms with Gasteiger partial charge < -0.3 is 11.1 Å². The van der Waals surface area contributed by atoms with Crippen molar-refractivity contribution in [1.82, 2.24) is 0 Å². The van der Waals surface area contributed by atoms with Gasteiger partial charge in [-0.1, -0.05) is 12.5 Å². The number of halogens is 3. The van der Waals surface area contributed by atoms with Crippen molar-refractivity contribution in [2.24, 2.45) is 11.7 Å². The Kier molecular flexibility index (Phi) is 3.80. The van der Waals surface area contributed by atoms with Crippen molar-refractivity contribution in [2.75, 3.05) is 11.9 Å². The highest BCUT2D eigenvalue weighted by atomic mass is 19.4. The van der Waals surface area contributed by atoms with Gasteiger partial charge in [-0.05, 0) is 37.0 Å². The molecular weight excluding hydrogens is 241 g/mol. The maximum absolute atomic E-state index is 12.6. The van der Waals surface area contributed by atoms with Gasteiger partial charge in [-0.15, -0.1) is 0 Å². The molecule has 0 saturated heterocycles. The molecule has 0 aromatic heterocycles. The Balaban J connectivity index is 2.08. The smallest absolute Gasteiger partial charge is 0.381 e. The second kappa shape index (κ2) is 5.18. The van der Waals surface area contributed by atoms with Crippen LogP contribution in [-0.2, 0) is 6.18 Å². The van der Waals surface area contributed by atoms with E-state index in [0.29, 0.717) is 18.2 Å². The number of nitrogens with one attached hydrogen (secondary N) is 1. The van der Waals surface area contributed by atoms with Gasteiger partial charge in [-0.2, -0.15) is 13.2 Å². The molecule has 2 rings (SSSR count). The van der Waals surface area contributed by atoms with Gasteiger partial charge in [-0.25, -0.2) is 0 Å². The summed E-state index contributed by atoms with van der Waals surface area (Å²) in [6.45, 7) is 0.445. The van der Waals surface area contributed by atoms with Crippen LogP contribution in [0.3, 0.4) is 0 Å². The monoisotopic (exact) mass is 258 g/mol. The van der Waals surface area contributed by atoms with Crippen LogP contribution in [0, 0.1) is 5.92 Å². The van der Waals surface area contributed by atoms with Crippen LogP contribution in [0.1, 0.15) is 24.8 Å². The lowest BCUT2D eigenvalue weighted by atomic mass is 9.79. The van der Waals surface area contributed by atoms with Crippen molar-refractivity contribution in [1.29, 1.82) is 0 Å². The van der Waals surface area contributed by atoms with Gasteiger partial charge in [0.1, 0.15) is 0 Å². The first-order valence-corrected chi connectivity index (χ1v) is 6.14. The van der Waals surface area contributed by atoms with Crippen molar-refractivity contribution < 1.29 is 13.2 Å². The largest absolute Gasteiger partial charge is 0.416 e. The second-order valence-corrected chi connectivity index (χ2v) is 4.76. The molecule has 0 aliphatic heterocycles. The first-order valence-electron chi connectivity index (χ1n) is 6.14. The number of nitrogens with two attached hydrogens (primary N) is 1. The van der Waals surface area contributed by atoms with Crippen molar-refractivity contribution >= 4 is 5.69 Å². The Bertz CT molecular complexity index is 399. The highest BCUT2D eigenvalue weighted by molar-refractivity contribution is 5.47. The van der Waals surface area contributed by atoms with Crippen molar-refractivity contribution in [2.45, 2.75) is 31.5 Å². The SMILES string of the molecule is NCC(Nc1cccc(C(F)(F)F)c1)C1CCC1. The summed E-state index contributed by atoms with van der Waals surface area (Å²) in [5.41, 5.74) is 5.53. The molecule has 0 amide bonds. The molecule has 1 atom stereocenters. The Morgan fingerprint density at radius 2 is 2.06 bits per heavy atom. The van der Waals surface area contributed by atoms with E-state index in [0.717, 1.165) is 25.0 Å². The first-order chi connectivity index (χ1) is 8.50. The number of hydrogen-bond donors (Lipinski definition) is 2. The van der Waals surface area contributed by atoms with E-state index in [4.69, 9.17) is 5.73 Å². The Morgan fingerprint density at radius 3 is 2.56 bits per heavy atom. The quantitative estimate of drug-likeness (QED) is 0.870. The normalized spacial score (nSPS) is 18.2. The van der Waals surface area contributed by atoms with E-state index in [9.17, 15) is 13.2 Å². The van der Waals surface area contributed by atoms with Crippen LogP contribution in [0.5, 0.6) is 0 Å². The number of alkyl halides is 3. The fraction of sp³-hybridized carbons (Fsp3) is 0.538. The Morgan fingerprint density at radius 1 is 1.33 bits per heavy atom. The van der Waals surface area contributed by atoms with Crippen LogP contribution < -0.4 is 11.1 Å². The minimum absolute atomic E-state index is 0.0715. The maximum atomic E-state index is 12.6. The van der Waals surface area contributed by atoms with Crippen molar-refractivity contribution in [3.05, 3.63) is 29.8 Å². The molecule has 18 heavy (non-hydrogen) atoms. The van der Waals surface area contributed by atoms with Crippen LogP contribution >= 0.6 is 0 Å². The van der Waals surface area contributed by atoms with E-state index < -0.39 is 11.7 Å². The molecule has 2 nitrogen and oxygen atoms in total. The second-order valence-electron chi connectivity index (χ2n) is 4.76. The summed E-state index contributed by atoms with van der Waals surface area (Å²) in [5.74, 6) is 0.490. The molecule has 100 valence electrons. The highest BCUT2D eigenvalue weighted by Crippen LogP contribution is 2.33. The lowest BCUT2D eigenvalue weighted by Crippen LogP contribution is -2.39. The third-order valence-corrected chi connectivity index (χ3v) is 3.51. The fourth-order valence-corrected chi connectivity index (χ4v) is 2.21. The zero-order valence-corrected chi connectivity index (χ0v) is 10.0. The topological polar surface area (TPSA) is 38.0 Å². The molecule has 5 heteroatoms. The molecule has 0 bridgehead atoms. The lowest BCUT2D eigenvalue weighted by molar-refractivity contribution is -0.137. The van der Waals surface area contributed by atoms with Crippen molar-refractivity contribution in [3.63, 3.8) is 0 Å². The predicted molar refractivity (Wildman–Crippen MR) is 65.3 cm³/mol. The van der Waals surface area contributed by atoms with Gasteiger partial charge in [0.15, 0.2) is 0 Å². The third kappa shape index (κ3) is 2.96. The Labute approximate surface area is 104 Å². The van der Waals surface area contributed by atoms with Gasteiger partial charge >= 0.3 is 6.18 Å². The van der Waals surface area contributed by atoms with Crippen LogP contribution in [0.25, 0.3) is 0 Å². The number of benzene rings is 1. The predicted octanol–water partition coefficient (Wildman–Crippen LogP) is 3.24. The average molecular weight is 258 g/mol. The summed E-state index contributed by atoms with van der Waals surface area (Å²) in [7, 11) is 0. The summed E-state index contributed by atoms with van der Waals surface area (Å²) >= 11 is 0. The highest BCUT2D eigenvalue weighted by Gasteiger charge is 2.31. The summed E-state index contributed by atoms with van der Waals surface area (Å²) in [6, 6.07) is 5.35. The minimum Gasteiger partial charge on any atom is -0.381 e. The molecule has 1 unspecified atom stereocenters. The molecule has 1 aromatic carbocycles. The van der Waals surface area contributed by atoms with Crippen LogP contribution in [-0.4, -0.2) is 12.6 Å². The molecule has 3 N–H and O–H groups in total. The molecule has 1 saturated carbocycles. The molecule has 0 heterocycles. The van der Waals surface area contributed by atoms with Gasteiger partial charge in [0.25, 0.3) is 0 Å². The molecule has 1 fully saturated rings. The van der Waals surface area contributed by atoms with E-state index in [-0.39, 0.29) is 6.04 Å². The summed E-state index contributed by atoms with van der Waals surface area (Å²) in [6.07, 6.45) is -0.903. The van der Waals surface area contributed by atoms with Crippen molar-refractivity contribution in [3.8, 4) is 0 Å². The zero-order valence-electron chi connectivity index (χ0n) is 10.0. The molecule has 1 aliphatic carbocycles. The molecule has 0 radical (unpaired) electrons. The van der Waals surface area contributed by atoms with Gasteiger partial charge in [0, 0.05) is 18.3 Å². The van der Waals surface area contributed by atoms with E-state index in [1.165, 1.54) is 12.5 Å². The van der Waals surface area contributed by atoms with Crippen LogP contribution in [0.2, 0.25) is 0 Å². The number of anilines is 1. The third-order valence-electron chi connectivity index (χ3n) is 3.51. The summed E-state index contributed by atoms with van der Waals surface area (Å²) < 4.78 is 37.7. The fourth-order valence-electron chi connectivity index (χ4n) is 2.21. The summed E-state index contributed by atoms with van der Waals surface area (Å²) in [5, 5.41) is 3.12.